The second-order valence-corrected chi connectivity index (χ2v) is 15.3. The van der Waals surface area contributed by atoms with Crippen LogP contribution in [-0.2, 0) is 30.1 Å². The van der Waals surface area contributed by atoms with E-state index in [2.05, 4.69) is 124 Å². The van der Waals surface area contributed by atoms with E-state index in [1.165, 1.54) is 80.2 Å². The first-order valence-corrected chi connectivity index (χ1v) is 17.6. The highest BCUT2D eigenvalue weighted by molar-refractivity contribution is 6.13. The van der Waals surface area contributed by atoms with E-state index in [0.29, 0.717) is 11.4 Å². The van der Waals surface area contributed by atoms with Gasteiger partial charge in [0, 0.05) is 35.4 Å². The molecule has 1 atom stereocenters. The summed E-state index contributed by atoms with van der Waals surface area (Å²) < 4.78 is 2.51. The molecule has 0 fully saturated rings. The van der Waals surface area contributed by atoms with Crippen LogP contribution >= 0.6 is 0 Å². The standard InChI is InChI=1S/C44H45N3O4/c1-12-40(23(2)3)47-41-21-32-30-15-13-28(24(4)45-50-26(6)48)17-36(30)43(8,9)38(32)19-34(41)35-20-39-33(22-42(35)47)31-16-14-29(18-37(31)44(39,10)11)25(5)46-51-27(7)49/h13-22,40H,2,12H2,1,3-11H3. The molecule has 1 heterocycles. The molecular weight excluding hydrogens is 635 g/mol. The number of fused-ring (bicyclic) bond motifs is 9. The van der Waals surface area contributed by atoms with Crippen molar-refractivity contribution >= 4 is 45.2 Å². The van der Waals surface area contributed by atoms with Crippen molar-refractivity contribution in [1.29, 1.82) is 0 Å². The summed E-state index contributed by atoms with van der Waals surface area (Å²) in [7, 11) is 0. The molecule has 0 radical (unpaired) electrons. The van der Waals surface area contributed by atoms with Crippen LogP contribution in [0.1, 0.15) is 115 Å². The molecule has 0 spiro atoms. The molecule has 7 nitrogen and oxygen atoms in total. The molecule has 1 unspecified atom stereocenters. The molecule has 7 rings (SSSR count). The molecule has 2 aliphatic carbocycles. The summed E-state index contributed by atoms with van der Waals surface area (Å²) in [6.45, 7) is 24.4. The van der Waals surface area contributed by atoms with E-state index < -0.39 is 11.9 Å². The van der Waals surface area contributed by atoms with Crippen molar-refractivity contribution in [3.8, 4) is 22.3 Å². The number of rotatable bonds is 7. The highest BCUT2D eigenvalue weighted by atomic mass is 16.7. The Labute approximate surface area is 299 Å². The third kappa shape index (κ3) is 5.24. The SMILES string of the molecule is C=C(C)C(CC)n1c2cc3c(cc2c2cc4c(cc21)-c1ccc(C(C)=NOC(C)=O)cc1C4(C)C)C(C)(C)c1cc(C(C)=NOC(C)=O)ccc1-3. The van der Waals surface area contributed by atoms with Crippen molar-refractivity contribution in [2.75, 3.05) is 0 Å². The maximum atomic E-state index is 11.4. The van der Waals surface area contributed by atoms with Gasteiger partial charge in [0.05, 0.1) is 28.5 Å². The van der Waals surface area contributed by atoms with Gasteiger partial charge in [-0.2, -0.15) is 0 Å². The van der Waals surface area contributed by atoms with Crippen molar-refractivity contribution in [1.82, 2.24) is 4.57 Å². The van der Waals surface area contributed by atoms with E-state index in [1.807, 2.05) is 13.8 Å². The largest absolute Gasteiger partial charge is 0.333 e. The second kappa shape index (κ2) is 11.9. The van der Waals surface area contributed by atoms with E-state index >= 15 is 0 Å². The number of allylic oxidation sites excluding steroid dienone is 1. The minimum atomic E-state index is -0.439. The van der Waals surface area contributed by atoms with Crippen LogP contribution < -0.4 is 0 Å². The van der Waals surface area contributed by atoms with Gasteiger partial charge in [0.2, 0.25) is 0 Å². The van der Waals surface area contributed by atoms with Crippen LogP contribution in [-0.4, -0.2) is 27.9 Å². The van der Waals surface area contributed by atoms with E-state index in [1.54, 1.807) is 0 Å². The molecule has 0 N–H and O–H groups in total. The number of hydrogen-bond donors (Lipinski definition) is 0. The maximum absolute atomic E-state index is 11.4. The number of benzene rings is 4. The van der Waals surface area contributed by atoms with Crippen LogP contribution in [0.5, 0.6) is 0 Å². The van der Waals surface area contributed by atoms with Crippen LogP contribution in [0.15, 0.2) is 83.1 Å². The Balaban J connectivity index is 1.45. The molecule has 2 aliphatic rings. The maximum Gasteiger partial charge on any atom is 0.331 e. The van der Waals surface area contributed by atoms with E-state index in [4.69, 9.17) is 9.68 Å². The zero-order valence-corrected chi connectivity index (χ0v) is 31.2. The summed E-state index contributed by atoms with van der Waals surface area (Å²) in [6, 6.07) is 22.6. The van der Waals surface area contributed by atoms with E-state index in [9.17, 15) is 9.59 Å². The van der Waals surface area contributed by atoms with Crippen molar-refractivity contribution in [2.45, 2.75) is 92.5 Å². The van der Waals surface area contributed by atoms with Crippen molar-refractivity contribution in [2.24, 2.45) is 10.3 Å². The monoisotopic (exact) mass is 679 g/mol. The highest BCUT2D eigenvalue weighted by Crippen LogP contribution is 2.54. The molecule has 0 aliphatic heterocycles. The van der Waals surface area contributed by atoms with E-state index in [-0.39, 0.29) is 16.9 Å². The summed E-state index contributed by atoms with van der Waals surface area (Å²) in [4.78, 5) is 32.8. The molecule has 7 heteroatoms. The smallest absolute Gasteiger partial charge is 0.331 e. The van der Waals surface area contributed by atoms with Crippen LogP contribution in [0.4, 0.5) is 0 Å². The molecular formula is C44H45N3O4. The fourth-order valence-corrected chi connectivity index (χ4v) is 8.41. The third-order valence-electron chi connectivity index (χ3n) is 11.1. The zero-order valence-electron chi connectivity index (χ0n) is 31.2. The quantitative estimate of drug-likeness (QED) is 0.0742. The van der Waals surface area contributed by atoms with Crippen LogP contribution in [0.2, 0.25) is 0 Å². The van der Waals surface area contributed by atoms with Crippen LogP contribution in [0.25, 0.3) is 44.1 Å². The lowest BCUT2D eigenvalue weighted by molar-refractivity contribution is -0.141. The van der Waals surface area contributed by atoms with Gasteiger partial charge < -0.3 is 14.2 Å². The molecule has 0 amide bonds. The first-order valence-electron chi connectivity index (χ1n) is 17.6. The van der Waals surface area contributed by atoms with Gasteiger partial charge in [-0.15, -0.1) is 0 Å². The number of aromatic nitrogens is 1. The fourth-order valence-electron chi connectivity index (χ4n) is 8.41. The lowest BCUT2D eigenvalue weighted by Gasteiger charge is -2.23. The Morgan fingerprint density at radius 2 is 1.04 bits per heavy atom. The predicted molar refractivity (Wildman–Crippen MR) is 207 cm³/mol. The number of hydrogen-bond acceptors (Lipinski definition) is 6. The lowest BCUT2D eigenvalue weighted by atomic mass is 9.80. The molecule has 4 aromatic carbocycles. The van der Waals surface area contributed by atoms with Gasteiger partial charge in [-0.05, 0) is 119 Å². The first kappa shape index (κ1) is 34.2. The molecule has 260 valence electrons. The van der Waals surface area contributed by atoms with Gasteiger partial charge >= 0.3 is 11.9 Å². The fraction of sp³-hybridized carbons (Fsp3) is 0.318. The molecule has 0 bridgehead atoms. The van der Waals surface area contributed by atoms with Gasteiger partial charge in [0.25, 0.3) is 0 Å². The molecule has 1 aromatic heterocycles. The topological polar surface area (TPSA) is 82.2 Å². The van der Waals surface area contributed by atoms with Gasteiger partial charge in [-0.3, -0.25) is 0 Å². The van der Waals surface area contributed by atoms with Crippen LogP contribution in [0.3, 0.4) is 0 Å². The third-order valence-corrected chi connectivity index (χ3v) is 11.1. The number of oxime groups is 2. The Kier molecular flexibility index (Phi) is 7.97. The summed E-state index contributed by atoms with van der Waals surface area (Å²) in [5.41, 5.74) is 16.1. The normalized spacial score (nSPS) is 16.0. The summed E-state index contributed by atoms with van der Waals surface area (Å²) in [5.74, 6) is -0.877. The average molecular weight is 680 g/mol. The summed E-state index contributed by atoms with van der Waals surface area (Å²) in [6.07, 6.45) is 0.918. The van der Waals surface area contributed by atoms with Crippen LogP contribution in [0, 0.1) is 0 Å². The van der Waals surface area contributed by atoms with Gasteiger partial charge in [0.1, 0.15) is 0 Å². The molecule has 51 heavy (non-hydrogen) atoms. The highest BCUT2D eigenvalue weighted by Gasteiger charge is 2.39. The molecule has 0 saturated carbocycles. The van der Waals surface area contributed by atoms with Crippen molar-refractivity contribution in [3.05, 3.63) is 106 Å². The lowest BCUT2D eigenvalue weighted by Crippen LogP contribution is -2.16. The Morgan fingerprint density at radius 3 is 1.39 bits per heavy atom. The minimum absolute atomic E-state index is 0.119. The molecule has 5 aromatic rings. The number of nitrogens with zero attached hydrogens (tertiary/aromatic N) is 3. The van der Waals surface area contributed by atoms with Gasteiger partial charge in [-0.25, -0.2) is 9.59 Å². The van der Waals surface area contributed by atoms with Crippen molar-refractivity contribution in [3.63, 3.8) is 0 Å². The predicted octanol–water partition coefficient (Wildman–Crippen LogP) is 10.5. The second-order valence-electron chi connectivity index (χ2n) is 15.3. The molecule has 0 saturated heterocycles. The Bertz CT molecular complexity index is 2260. The Morgan fingerprint density at radius 1 is 0.647 bits per heavy atom. The number of carbonyl (C=O) groups is 2. The van der Waals surface area contributed by atoms with Gasteiger partial charge in [-0.1, -0.05) is 81.3 Å². The first-order chi connectivity index (χ1) is 24.1. The van der Waals surface area contributed by atoms with Gasteiger partial charge in [0.15, 0.2) is 0 Å². The summed E-state index contributed by atoms with van der Waals surface area (Å²) >= 11 is 0. The van der Waals surface area contributed by atoms with E-state index in [0.717, 1.165) is 23.1 Å². The number of carbonyl (C=O) groups excluding carboxylic acids is 2. The average Bonchev–Trinajstić information content (AvgIpc) is 3.60. The summed E-state index contributed by atoms with van der Waals surface area (Å²) in [5, 5.41) is 10.6. The zero-order chi connectivity index (χ0) is 36.7. The van der Waals surface area contributed by atoms with Crippen molar-refractivity contribution < 1.29 is 19.3 Å². The Hall–Kier alpha value is -5.30. The minimum Gasteiger partial charge on any atom is -0.333 e.